The first-order valence-electron chi connectivity index (χ1n) is 8.02. The minimum atomic E-state index is -0.222. The SMILES string of the molecule is Cc1nc(-c2cccc(Cl)c2)sc1C(=O)Nc1nc(-c2ccccn2)cs1. The van der Waals surface area contributed by atoms with Crippen LogP contribution in [0.2, 0.25) is 5.02 Å². The molecule has 0 fully saturated rings. The number of nitrogens with zero attached hydrogens (tertiary/aromatic N) is 3. The minimum Gasteiger partial charge on any atom is -0.297 e. The summed E-state index contributed by atoms with van der Waals surface area (Å²) in [5.41, 5.74) is 3.07. The van der Waals surface area contributed by atoms with E-state index in [0.717, 1.165) is 22.0 Å². The Kier molecular flexibility index (Phi) is 4.98. The van der Waals surface area contributed by atoms with Crippen LogP contribution in [0.15, 0.2) is 54.0 Å². The lowest BCUT2D eigenvalue weighted by molar-refractivity contribution is 0.103. The van der Waals surface area contributed by atoms with Gasteiger partial charge in [-0.25, -0.2) is 9.97 Å². The largest absolute Gasteiger partial charge is 0.297 e. The fourth-order valence-corrected chi connectivity index (χ4v) is 4.32. The standard InChI is InChI=1S/C19H13ClN4OS2/c1-11-16(27-18(22-11)12-5-4-6-13(20)9-12)17(25)24-19-23-15(10-26-19)14-7-2-3-8-21-14/h2-10H,1H3,(H,23,24,25). The molecule has 0 radical (unpaired) electrons. The second kappa shape index (κ2) is 7.56. The number of amides is 1. The molecule has 0 aliphatic heterocycles. The molecule has 4 aromatic rings. The van der Waals surface area contributed by atoms with E-state index in [1.807, 2.05) is 48.7 Å². The van der Waals surface area contributed by atoms with Crippen molar-refractivity contribution in [1.29, 1.82) is 0 Å². The number of halogens is 1. The van der Waals surface area contributed by atoms with E-state index in [-0.39, 0.29) is 5.91 Å². The first-order chi connectivity index (χ1) is 13.1. The third kappa shape index (κ3) is 3.90. The Morgan fingerprint density at radius 3 is 2.78 bits per heavy atom. The number of carbonyl (C=O) groups excluding carboxylic acids is 1. The number of hydrogen-bond acceptors (Lipinski definition) is 6. The van der Waals surface area contributed by atoms with Crippen LogP contribution >= 0.6 is 34.3 Å². The van der Waals surface area contributed by atoms with Gasteiger partial charge in [-0.05, 0) is 31.2 Å². The molecule has 3 aromatic heterocycles. The Bertz CT molecular complexity index is 1110. The molecule has 0 aliphatic carbocycles. The highest BCUT2D eigenvalue weighted by atomic mass is 35.5. The summed E-state index contributed by atoms with van der Waals surface area (Å²) in [7, 11) is 0. The molecular formula is C19H13ClN4OS2. The molecule has 0 bridgehead atoms. The van der Waals surface area contributed by atoms with Crippen LogP contribution in [-0.4, -0.2) is 20.9 Å². The molecule has 0 unspecified atom stereocenters. The van der Waals surface area contributed by atoms with Crippen molar-refractivity contribution < 1.29 is 4.79 Å². The van der Waals surface area contributed by atoms with Crippen molar-refractivity contribution in [3.63, 3.8) is 0 Å². The third-order valence-electron chi connectivity index (χ3n) is 3.73. The Balaban J connectivity index is 1.55. The van der Waals surface area contributed by atoms with Gasteiger partial charge in [0.15, 0.2) is 5.13 Å². The molecule has 0 saturated carbocycles. The van der Waals surface area contributed by atoms with Gasteiger partial charge in [-0.2, -0.15) is 0 Å². The van der Waals surface area contributed by atoms with Gasteiger partial charge in [0.25, 0.3) is 5.91 Å². The Hall–Kier alpha value is -2.61. The zero-order valence-electron chi connectivity index (χ0n) is 14.1. The van der Waals surface area contributed by atoms with Crippen molar-refractivity contribution in [2.24, 2.45) is 0 Å². The number of aryl methyl sites for hydroxylation is 1. The zero-order chi connectivity index (χ0) is 18.8. The lowest BCUT2D eigenvalue weighted by Gasteiger charge is -1.99. The van der Waals surface area contributed by atoms with Gasteiger partial charge in [0, 0.05) is 22.2 Å². The first-order valence-corrected chi connectivity index (χ1v) is 10.1. The normalized spacial score (nSPS) is 10.7. The van der Waals surface area contributed by atoms with Crippen LogP contribution in [0.4, 0.5) is 5.13 Å². The molecule has 4 rings (SSSR count). The van der Waals surface area contributed by atoms with Gasteiger partial charge >= 0.3 is 0 Å². The highest BCUT2D eigenvalue weighted by Gasteiger charge is 2.18. The van der Waals surface area contributed by atoms with E-state index in [9.17, 15) is 4.79 Å². The number of rotatable bonds is 4. The summed E-state index contributed by atoms with van der Waals surface area (Å²) in [5.74, 6) is -0.222. The van der Waals surface area contributed by atoms with Crippen LogP contribution < -0.4 is 5.32 Å². The number of anilines is 1. The summed E-state index contributed by atoms with van der Waals surface area (Å²) in [5, 5.41) is 6.64. The average Bonchev–Trinajstić information content (AvgIpc) is 3.29. The van der Waals surface area contributed by atoms with Crippen molar-refractivity contribution in [2.45, 2.75) is 6.92 Å². The van der Waals surface area contributed by atoms with E-state index in [2.05, 4.69) is 20.3 Å². The maximum absolute atomic E-state index is 12.7. The third-order valence-corrected chi connectivity index (χ3v) is 5.92. The summed E-state index contributed by atoms with van der Waals surface area (Å²) >= 11 is 8.75. The van der Waals surface area contributed by atoms with Crippen molar-refractivity contribution in [1.82, 2.24) is 15.0 Å². The molecule has 0 spiro atoms. The van der Waals surface area contributed by atoms with Gasteiger partial charge in [-0.15, -0.1) is 22.7 Å². The molecule has 0 saturated heterocycles. The zero-order valence-corrected chi connectivity index (χ0v) is 16.5. The fraction of sp³-hybridized carbons (Fsp3) is 0.0526. The van der Waals surface area contributed by atoms with E-state index in [0.29, 0.717) is 20.7 Å². The molecular weight excluding hydrogens is 400 g/mol. The number of hydrogen-bond donors (Lipinski definition) is 1. The number of carbonyl (C=O) groups is 1. The van der Waals surface area contributed by atoms with Crippen LogP contribution in [0.3, 0.4) is 0 Å². The van der Waals surface area contributed by atoms with E-state index in [4.69, 9.17) is 11.6 Å². The summed E-state index contributed by atoms with van der Waals surface area (Å²) in [4.78, 5) is 26.5. The predicted octanol–water partition coefficient (Wildman–Crippen LogP) is 5.54. The van der Waals surface area contributed by atoms with Crippen molar-refractivity contribution >= 4 is 45.3 Å². The first kappa shape index (κ1) is 17.8. The number of nitrogens with one attached hydrogen (secondary N) is 1. The van der Waals surface area contributed by atoms with Gasteiger partial charge in [-0.3, -0.25) is 15.1 Å². The van der Waals surface area contributed by atoms with Crippen molar-refractivity contribution in [3.8, 4) is 22.0 Å². The van der Waals surface area contributed by atoms with E-state index < -0.39 is 0 Å². The Labute approximate surface area is 168 Å². The highest BCUT2D eigenvalue weighted by molar-refractivity contribution is 7.17. The summed E-state index contributed by atoms with van der Waals surface area (Å²) in [6.07, 6.45) is 1.71. The van der Waals surface area contributed by atoms with Crippen LogP contribution in [0.25, 0.3) is 22.0 Å². The van der Waals surface area contributed by atoms with E-state index >= 15 is 0 Å². The van der Waals surface area contributed by atoms with Crippen LogP contribution in [0, 0.1) is 6.92 Å². The second-order valence-electron chi connectivity index (χ2n) is 5.65. The highest BCUT2D eigenvalue weighted by Crippen LogP contribution is 2.30. The lowest BCUT2D eigenvalue weighted by atomic mass is 10.2. The van der Waals surface area contributed by atoms with Gasteiger partial charge in [0.1, 0.15) is 15.6 Å². The summed E-state index contributed by atoms with van der Waals surface area (Å²) < 4.78 is 0. The average molecular weight is 413 g/mol. The number of thiazole rings is 2. The maximum Gasteiger partial charge on any atom is 0.269 e. The van der Waals surface area contributed by atoms with E-state index in [1.165, 1.54) is 22.7 Å². The van der Waals surface area contributed by atoms with Crippen LogP contribution in [-0.2, 0) is 0 Å². The number of pyridine rings is 1. The Morgan fingerprint density at radius 2 is 2.00 bits per heavy atom. The van der Waals surface area contributed by atoms with E-state index in [1.54, 1.807) is 12.3 Å². The second-order valence-corrected chi connectivity index (χ2v) is 7.94. The van der Waals surface area contributed by atoms with Gasteiger partial charge < -0.3 is 0 Å². The molecule has 134 valence electrons. The molecule has 1 aromatic carbocycles. The minimum absolute atomic E-state index is 0.222. The topological polar surface area (TPSA) is 67.8 Å². The molecule has 0 aliphatic rings. The number of benzene rings is 1. The molecule has 1 N–H and O–H groups in total. The fourth-order valence-electron chi connectivity index (χ4n) is 2.47. The van der Waals surface area contributed by atoms with Crippen molar-refractivity contribution in [3.05, 3.63) is 69.6 Å². The smallest absolute Gasteiger partial charge is 0.269 e. The van der Waals surface area contributed by atoms with Gasteiger partial charge in [0.05, 0.1) is 11.4 Å². The molecule has 5 nitrogen and oxygen atoms in total. The van der Waals surface area contributed by atoms with Crippen LogP contribution in [0.5, 0.6) is 0 Å². The lowest BCUT2D eigenvalue weighted by Crippen LogP contribution is -2.11. The van der Waals surface area contributed by atoms with Gasteiger partial charge in [-0.1, -0.05) is 29.8 Å². The quantitative estimate of drug-likeness (QED) is 0.477. The van der Waals surface area contributed by atoms with Crippen molar-refractivity contribution in [2.75, 3.05) is 5.32 Å². The molecule has 8 heteroatoms. The monoisotopic (exact) mass is 412 g/mol. The summed E-state index contributed by atoms with van der Waals surface area (Å²) in [6, 6.07) is 13.1. The Morgan fingerprint density at radius 1 is 1.11 bits per heavy atom. The van der Waals surface area contributed by atoms with Crippen LogP contribution in [0.1, 0.15) is 15.4 Å². The summed E-state index contributed by atoms with van der Waals surface area (Å²) in [6.45, 7) is 1.82. The van der Waals surface area contributed by atoms with Gasteiger partial charge in [0.2, 0.25) is 0 Å². The molecule has 27 heavy (non-hydrogen) atoms. The molecule has 0 atom stereocenters. The molecule has 3 heterocycles. The number of aromatic nitrogens is 3. The molecule has 1 amide bonds. The predicted molar refractivity (Wildman–Crippen MR) is 111 cm³/mol. The maximum atomic E-state index is 12.7.